The molecule has 0 radical (unpaired) electrons. The van der Waals surface area contributed by atoms with Crippen LogP contribution in [0.15, 0.2) is 24.4 Å². The van der Waals surface area contributed by atoms with Crippen molar-refractivity contribution in [3.05, 3.63) is 41.6 Å². The van der Waals surface area contributed by atoms with Crippen molar-refractivity contribution < 1.29 is 13.5 Å². The van der Waals surface area contributed by atoms with Gasteiger partial charge in [0.25, 0.3) is 0 Å². The van der Waals surface area contributed by atoms with Gasteiger partial charge in [-0.3, -0.25) is 0 Å². The third kappa shape index (κ3) is 2.51. The summed E-state index contributed by atoms with van der Waals surface area (Å²) in [6.07, 6.45) is 1.47. The Labute approximate surface area is 102 Å². The second-order valence-corrected chi connectivity index (χ2v) is 3.51. The van der Waals surface area contributed by atoms with Crippen molar-refractivity contribution in [3.8, 4) is 11.8 Å². The topological polar surface area (TPSA) is 73.1 Å². The number of nitrogens with two attached hydrogens (primary N) is 1. The number of aryl methyl sites for hydroxylation is 1. The molecule has 0 aliphatic heterocycles. The van der Waals surface area contributed by atoms with Crippen LogP contribution < -0.4 is 16.0 Å². The summed E-state index contributed by atoms with van der Waals surface area (Å²) in [4.78, 5) is 7.78. The first-order valence-electron chi connectivity index (χ1n) is 5.03. The van der Waals surface area contributed by atoms with E-state index in [4.69, 9.17) is 10.6 Å². The Hall–Kier alpha value is -2.28. The second kappa shape index (κ2) is 4.92. The van der Waals surface area contributed by atoms with Crippen LogP contribution in [-0.2, 0) is 0 Å². The Morgan fingerprint density at radius 3 is 2.78 bits per heavy atom. The predicted octanol–water partition coefficient (Wildman–Crippen LogP) is 2.14. The average Bonchev–Trinajstić information content (AvgIpc) is 2.35. The first-order chi connectivity index (χ1) is 8.60. The molecular formula is C11H10F2N4O. The van der Waals surface area contributed by atoms with E-state index in [9.17, 15) is 8.78 Å². The Morgan fingerprint density at radius 2 is 2.11 bits per heavy atom. The standard InChI is InChI=1S/C11H10F2N4O/c1-6-5-15-11(16-10(6)17-14)18-9-3-2-7(12)4-8(9)13/h2-5H,14H2,1H3,(H,15,16,17). The van der Waals surface area contributed by atoms with Gasteiger partial charge in [-0.15, -0.1) is 0 Å². The zero-order valence-corrected chi connectivity index (χ0v) is 9.45. The van der Waals surface area contributed by atoms with Crippen LogP contribution in [0, 0.1) is 18.6 Å². The van der Waals surface area contributed by atoms with Crippen LogP contribution in [0.2, 0.25) is 0 Å². The van der Waals surface area contributed by atoms with E-state index in [1.54, 1.807) is 6.92 Å². The Balaban J connectivity index is 2.28. The minimum atomic E-state index is -0.832. The van der Waals surface area contributed by atoms with Gasteiger partial charge < -0.3 is 10.2 Å². The second-order valence-electron chi connectivity index (χ2n) is 3.51. The van der Waals surface area contributed by atoms with Gasteiger partial charge in [0.1, 0.15) is 11.6 Å². The summed E-state index contributed by atoms with van der Waals surface area (Å²) in [5, 5.41) is 0. The summed E-state index contributed by atoms with van der Waals surface area (Å²) < 4.78 is 31.1. The SMILES string of the molecule is Cc1cnc(Oc2ccc(F)cc2F)nc1NN. The van der Waals surface area contributed by atoms with Crippen molar-refractivity contribution >= 4 is 5.82 Å². The molecule has 0 fully saturated rings. The highest BCUT2D eigenvalue weighted by Crippen LogP contribution is 2.23. The first-order valence-corrected chi connectivity index (χ1v) is 5.03. The fourth-order valence-electron chi connectivity index (χ4n) is 1.28. The van der Waals surface area contributed by atoms with E-state index in [1.165, 1.54) is 6.20 Å². The van der Waals surface area contributed by atoms with Crippen molar-refractivity contribution in [3.63, 3.8) is 0 Å². The number of anilines is 1. The Kier molecular flexibility index (Phi) is 3.33. The molecule has 2 aromatic rings. The monoisotopic (exact) mass is 252 g/mol. The molecule has 7 heteroatoms. The maximum absolute atomic E-state index is 13.3. The van der Waals surface area contributed by atoms with Gasteiger partial charge in [0.15, 0.2) is 11.6 Å². The normalized spacial score (nSPS) is 10.2. The molecular weight excluding hydrogens is 242 g/mol. The molecule has 1 aromatic carbocycles. The maximum atomic E-state index is 13.3. The highest BCUT2D eigenvalue weighted by atomic mass is 19.1. The largest absolute Gasteiger partial charge is 0.421 e. The minimum absolute atomic E-state index is 0.0842. The van der Waals surface area contributed by atoms with E-state index in [0.717, 1.165) is 12.1 Å². The smallest absolute Gasteiger partial charge is 0.324 e. The molecule has 0 saturated carbocycles. The summed E-state index contributed by atoms with van der Waals surface area (Å²) in [5.74, 6) is 3.92. The van der Waals surface area contributed by atoms with Gasteiger partial charge in [-0.2, -0.15) is 4.98 Å². The number of nitrogen functional groups attached to an aromatic ring is 1. The van der Waals surface area contributed by atoms with Crippen LogP contribution in [0.1, 0.15) is 5.56 Å². The molecule has 0 atom stereocenters. The molecule has 0 aliphatic carbocycles. The van der Waals surface area contributed by atoms with Gasteiger partial charge in [-0.1, -0.05) is 0 Å². The number of hydrogen-bond donors (Lipinski definition) is 2. The van der Waals surface area contributed by atoms with Gasteiger partial charge in [-0.05, 0) is 19.1 Å². The van der Waals surface area contributed by atoms with E-state index in [2.05, 4.69) is 15.4 Å². The summed E-state index contributed by atoms with van der Waals surface area (Å²) in [5.41, 5.74) is 3.07. The van der Waals surface area contributed by atoms with Gasteiger partial charge in [-0.25, -0.2) is 19.6 Å². The van der Waals surface area contributed by atoms with Crippen LogP contribution in [0.4, 0.5) is 14.6 Å². The van der Waals surface area contributed by atoms with Crippen LogP contribution >= 0.6 is 0 Å². The summed E-state index contributed by atoms with van der Waals surface area (Å²) >= 11 is 0. The number of ether oxygens (including phenoxy) is 1. The number of hydrazine groups is 1. The number of hydrogen-bond acceptors (Lipinski definition) is 5. The molecule has 0 bridgehead atoms. The first kappa shape index (κ1) is 12.2. The third-order valence-electron chi connectivity index (χ3n) is 2.18. The molecule has 0 amide bonds. The number of aromatic nitrogens is 2. The van der Waals surface area contributed by atoms with Crippen molar-refractivity contribution in [2.45, 2.75) is 6.92 Å². The molecule has 0 unspecified atom stereocenters. The van der Waals surface area contributed by atoms with Gasteiger partial charge >= 0.3 is 6.01 Å². The highest BCUT2D eigenvalue weighted by Gasteiger charge is 2.09. The minimum Gasteiger partial charge on any atom is -0.421 e. The summed E-state index contributed by atoms with van der Waals surface area (Å²) in [6.45, 7) is 1.75. The lowest BCUT2D eigenvalue weighted by Crippen LogP contribution is -2.11. The summed E-state index contributed by atoms with van der Waals surface area (Å²) in [6, 6.07) is 2.86. The quantitative estimate of drug-likeness (QED) is 0.646. The van der Waals surface area contributed by atoms with Crippen LogP contribution in [0.25, 0.3) is 0 Å². The molecule has 94 valence electrons. The van der Waals surface area contributed by atoms with Gasteiger partial charge in [0.2, 0.25) is 0 Å². The highest BCUT2D eigenvalue weighted by molar-refractivity contribution is 5.41. The predicted molar refractivity (Wildman–Crippen MR) is 61.0 cm³/mol. The lowest BCUT2D eigenvalue weighted by molar-refractivity contribution is 0.408. The van der Waals surface area contributed by atoms with E-state index < -0.39 is 11.6 Å². The number of halogens is 2. The van der Waals surface area contributed by atoms with Crippen LogP contribution in [0.3, 0.4) is 0 Å². The van der Waals surface area contributed by atoms with E-state index in [0.29, 0.717) is 17.4 Å². The zero-order valence-electron chi connectivity index (χ0n) is 9.45. The number of nitrogens with zero attached hydrogens (tertiary/aromatic N) is 2. The molecule has 1 aromatic heterocycles. The van der Waals surface area contributed by atoms with Gasteiger partial charge in [0, 0.05) is 17.8 Å². The van der Waals surface area contributed by atoms with E-state index in [1.807, 2.05) is 0 Å². The zero-order chi connectivity index (χ0) is 13.1. The average molecular weight is 252 g/mol. The van der Waals surface area contributed by atoms with E-state index in [-0.39, 0.29) is 11.8 Å². The molecule has 5 nitrogen and oxygen atoms in total. The molecule has 1 heterocycles. The lowest BCUT2D eigenvalue weighted by atomic mass is 10.3. The van der Waals surface area contributed by atoms with E-state index >= 15 is 0 Å². The molecule has 18 heavy (non-hydrogen) atoms. The van der Waals surface area contributed by atoms with Crippen molar-refractivity contribution in [2.75, 3.05) is 5.43 Å². The number of nitrogens with one attached hydrogen (secondary N) is 1. The van der Waals surface area contributed by atoms with Gasteiger partial charge in [0.05, 0.1) is 0 Å². The van der Waals surface area contributed by atoms with Crippen molar-refractivity contribution in [2.24, 2.45) is 5.84 Å². The lowest BCUT2D eigenvalue weighted by Gasteiger charge is -2.07. The maximum Gasteiger partial charge on any atom is 0.324 e. The fraction of sp³-hybridized carbons (Fsp3) is 0.0909. The van der Waals surface area contributed by atoms with Crippen molar-refractivity contribution in [1.29, 1.82) is 0 Å². The Bertz CT molecular complexity index is 577. The third-order valence-corrected chi connectivity index (χ3v) is 2.18. The van der Waals surface area contributed by atoms with Crippen LogP contribution in [0.5, 0.6) is 11.8 Å². The number of rotatable bonds is 3. The summed E-state index contributed by atoms with van der Waals surface area (Å²) in [7, 11) is 0. The molecule has 3 N–H and O–H groups in total. The van der Waals surface area contributed by atoms with Crippen molar-refractivity contribution in [1.82, 2.24) is 9.97 Å². The van der Waals surface area contributed by atoms with Crippen LogP contribution in [-0.4, -0.2) is 9.97 Å². The Morgan fingerprint density at radius 1 is 1.33 bits per heavy atom. The fourth-order valence-corrected chi connectivity index (χ4v) is 1.28. The molecule has 0 aliphatic rings. The molecule has 0 spiro atoms. The molecule has 2 rings (SSSR count). The number of benzene rings is 1. The molecule has 0 saturated heterocycles.